The Balaban J connectivity index is 2.84. The quantitative estimate of drug-likeness (QED) is 0.544. The van der Waals surface area contributed by atoms with Gasteiger partial charge in [0.1, 0.15) is 8.07 Å². The van der Waals surface area contributed by atoms with Gasteiger partial charge in [-0.2, -0.15) is 0 Å². The van der Waals surface area contributed by atoms with Crippen molar-refractivity contribution in [3.63, 3.8) is 0 Å². The molecule has 0 amide bonds. The smallest absolute Gasteiger partial charge is 0.101 e. The van der Waals surface area contributed by atoms with Crippen molar-refractivity contribution in [2.24, 2.45) is 0 Å². The Morgan fingerprint density at radius 2 is 2.07 bits per heavy atom. The van der Waals surface area contributed by atoms with E-state index in [1.807, 2.05) is 6.08 Å². The molecule has 0 atom stereocenters. The number of pyridine rings is 1. The second kappa shape index (κ2) is 4.56. The van der Waals surface area contributed by atoms with Gasteiger partial charge in [0.15, 0.2) is 0 Å². The average Bonchev–Trinajstić information content (AvgIpc) is 2.14. The molecule has 2 heteroatoms. The summed E-state index contributed by atoms with van der Waals surface area (Å²) in [6.07, 6.45) is 3.98. The van der Waals surface area contributed by atoms with E-state index in [1.54, 1.807) is 0 Å². The minimum Gasteiger partial charge on any atom is -0.263 e. The van der Waals surface area contributed by atoms with Crippen molar-refractivity contribution in [3.05, 3.63) is 36.5 Å². The third kappa shape index (κ3) is 3.11. The van der Waals surface area contributed by atoms with Crippen molar-refractivity contribution in [3.8, 4) is 0 Å². The van der Waals surface area contributed by atoms with Crippen LogP contribution in [-0.4, -0.2) is 13.1 Å². The lowest BCUT2D eigenvalue weighted by molar-refractivity contribution is 0.952. The molecule has 1 rings (SSSR count). The van der Waals surface area contributed by atoms with Crippen LogP contribution in [0.2, 0.25) is 19.6 Å². The summed E-state index contributed by atoms with van der Waals surface area (Å²) in [6, 6.07) is 6.38. The molecule has 0 saturated carbocycles. The topological polar surface area (TPSA) is 12.9 Å². The van der Waals surface area contributed by atoms with Crippen LogP contribution in [0.1, 0.15) is 12.1 Å². The molecule has 0 aromatic carbocycles. The predicted octanol–water partition coefficient (Wildman–Crippen LogP) is 2.75. The Morgan fingerprint density at radius 3 is 2.64 bits per heavy atom. The van der Waals surface area contributed by atoms with Gasteiger partial charge in [0, 0.05) is 11.0 Å². The summed E-state index contributed by atoms with van der Waals surface area (Å²) in [7, 11) is -1.24. The van der Waals surface area contributed by atoms with Gasteiger partial charge in [-0.3, -0.25) is 4.98 Å². The average molecular weight is 205 g/mol. The SMILES string of the molecule is C=CCCc1cccc([Si](C)(C)C)n1. The van der Waals surface area contributed by atoms with E-state index in [0.29, 0.717) is 0 Å². The van der Waals surface area contributed by atoms with Crippen LogP contribution >= 0.6 is 0 Å². The van der Waals surface area contributed by atoms with E-state index >= 15 is 0 Å². The lowest BCUT2D eigenvalue weighted by Gasteiger charge is -2.15. The fourth-order valence-corrected chi connectivity index (χ4v) is 2.36. The highest BCUT2D eigenvalue weighted by Crippen LogP contribution is 2.03. The fourth-order valence-electron chi connectivity index (χ4n) is 1.29. The first-order valence-electron chi connectivity index (χ1n) is 5.11. The first-order valence-corrected chi connectivity index (χ1v) is 8.61. The lowest BCUT2D eigenvalue weighted by Crippen LogP contribution is -2.40. The molecule has 1 heterocycles. The normalized spacial score (nSPS) is 11.4. The van der Waals surface area contributed by atoms with Crippen molar-refractivity contribution in [2.75, 3.05) is 0 Å². The number of hydrogen-bond donors (Lipinski definition) is 0. The first kappa shape index (κ1) is 11.2. The molecule has 1 aromatic rings. The summed E-state index contributed by atoms with van der Waals surface area (Å²) in [5.74, 6) is 0. The van der Waals surface area contributed by atoms with E-state index in [4.69, 9.17) is 4.98 Å². The summed E-state index contributed by atoms with van der Waals surface area (Å²) in [4.78, 5) is 4.70. The highest BCUT2D eigenvalue weighted by Gasteiger charge is 2.17. The Bertz CT molecular complexity index is 312. The third-order valence-electron chi connectivity index (χ3n) is 2.18. The molecular weight excluding hydrogens is 186 g/mol. The van der Waals surface area contributed by atoms with Gasteiger partial charge in [-0.25, -0.2) is 0 Å². The van der Waals surface area contributed by atoms with E-state index in [2.05, 4.69) is 44.4 Å². The number of rotatable bonds is 4. The number of nitrogens with zero attached hydrogens (tertiary/aromatic N) is 1. The molecule has 1 nitrogen and oxygen atoms in total. The van der Waals surface area contributed by atoms with Crippen molar-refractivity contribution < 1.29 is 0 Å². The number of hydrogen-bond acceptors (Lipinski definition) is 1. The zero-order chi connectivity index (χ0) is 10.6. The Hall–Kier alpha value is -0.893. The molecule has 0 saturated heterocycles. The van der Waals surface area contributed by atoms with Crippen LogP contribution in [0, 0.1) is 0 Å². The van der Waals surface area contributed by atoms with Crippen LogP contribution < -0.4 is 5.32 Å². The summed E-state index contributed by atoms with van der Waals surface area (Å²) >= 11 is 0. The number of aryl methyl sites for hydroxylation is 1. The number of allylic oxidation sites excluding steroid dienone is 1. The van der Waals surface area contributed by atoms with Crippen LogP contribution in [-0.2, 0) is 6.42 Å². The first-order chi connectivity index (χ1) is 6.54. The van der Waals surface area contributed by atoms with Crippen molar-refractivity contribution >= 4 is 13.4 Å². The molecular formula is C12H19NSi. The van der Waals surface area contributed by atoms with E-state index in [0.717, 1.165) is 12.8 Å². The van der Waals surface area contributed by atoms with Crippen LogP contribution in [0.3, 0.4) is 0 Å². The van der Waals surface area contributed by atoms with Gasteiger partial charge >= 0.3 is 0 Å². The predicted molar refractivity (Wildman–Crippen MR) is 65.7 cm³/mol. The lowest BCUT2D eigenvalue weighted by atomic mass is 10.2. The molecule has 0 aliphatic heterocycles. The zero-order valence-corrected chi connectivity index (χ0v) is 10.4. The third-order valence-corrected chi connectivity index (χ3v) is 4.00. The highest BCUT2D eigenvalue weighted by molar-refractivity contribution is 6.88. The molecule has 0 fully saturated rings. The Kier molecular flexibility index (Phi) is 3.64. The second-order valence-electron chi connectivity index (χ2n) is 4.59. The van der Waals surface area contributed by atoms with E-state index in [9.17, 15) is 0 Å². The summed E-state index contributed by atoms with van der Waals surface area (Å²) in [6.45, 7) is 10.7. The standard InChI is InChI=1S/C12H19NSi/c1-5-6-8-11-9-7-10-12(13-11)14(2,3)4/h5,7,9-10H,1,6,8H2,2-4H3. The second-order valence-corrected chi connectivity index (χ2v) is 9.60. The molecule has 0 radical (unpaired) electrons. The fraction of sp³-hybridized carbons (Fsp3) is 0.417. The molecule has 1 aromatic heterocycles. The van der Waals surface area contributed by atoms with E-state index < -0.39 is 8.07 Å². The van der Waals surface area contributed by atoms with Crippen LogP contribution in [0.15, 0.2) is 30.9 Å². The zero-order valence-electron chi connectivity index (χ0n) is 9.38. The molecule has 0 unspecified atom stereocenters. The maximum Gasteiger partial charge on any atom is 0.101 e. The molecule has 14 heavy (non-hydrogen) atoms. The number of aromatic nitrogens is 1. The minimum absolute atomic E-state index is 1.02. The van der Waals surface area contributed by atoms with Crippen LogP contribution in [0.25, 0.3) is 0 Å². The molecule has 0 bridgehead atoms. The maximum atomic E-state index is 4.70. The maximum absolute atomic E-state index is 4.70. The van der Waals surface area contributed by atoms with Gasteiger partial charge < -0.3 is 0 Å². The monoisotopic (exact) mass is 205 g/mol. The summed E-state index contributed by atoms with van der Waals surface area (Å²) in [5, 5.41) is 1.30. The van der Waals surface area contributed by atoms with Gasteiger partial charge in [-0.1, -0.05) is 31.8 Å². The van der Waals surface area contributed by atoms with Crippen molar-refractivity contribution in [2.45, 2.75) is 32.5 Å². The molecule has 0 aliphatic rings. The summed E-state index contributed by atoms with van der Waals surface area (Å²) < 4.78 is 0. The van der Waals surface area contributed by atoms with Gasteiger partial charge in [0.2, 0.25) is 0 Å². The molecule has 76 valence electrons. The van der Waals surface area contributed by atoms with Gasteiger partial charge in [0.05, 0.1) is 0 Å². The Labute approximate surface area is 87.9 Å². The molecule has 0 aliphatic carbocycles. The van der Waals surface area contributed by atoms with E-state index in [1.165, 1.54) is 11.0 Å². The highest BCUT2D eigenvalue weighted by atomic mass is 28.3. The van der Waals surface area contributed by atoms with Gasteiger partial charge in [-0.15, -0.1) is 6.58 Å². The molecule has 0 N–H and O–H groups in total. The largest absolute Gasteiger partial charge is 0.263 e. The Morgan fingerprint density at radius 1 is 1.36 bits per heavy atom. The van der Waals surface area contributed by atoms with Crippen molar-refractivity contribution in [1.82, 2.24) is 4.98 Å². The van der Waals surface area contributed by atoms with Gasteiger partial charge in [0.25, 0.3) is 0 Å². The minimum atomic E-state index is -1.24. The van der Waals surface area contributed by atoms with Crippen LogP contribution in [0.5, 0.6) is 0 Å². The molecule has 0 spiro atoms. The van der Waals surface area contributed by atoms with Gasteiger partial charge in [-0.05, 0) is 25.0 Å². The van der Waals surface area contributed by atoms with Crippen LogP contribution in [0.4, 0.5) is 0 Å². The summed E-state index contributed by atoms with van der Waals surface area (Å²) in [5.41, 5.74) is 1.20. The van der Waals surface area contributed by atoms with E-state index in [-0.39, 0.29) is 0 Å². The van der Waals surface area contributed by atoms with Crippen molar-refractivity contribution in [1.29, 1.82) is 0 Å².